The molecule has 94 valence electrons. The number of ether oxygens (including phenoxy) is 2. The molecule has 0 aromatic heterocycles. The molecule has 2 rings (SSSR count). The molecule has 3 heteroatoms. The van der Waals surface area contributed by atoms with Crippen LogP contribution in [0.2, 0.25) is 0 Å². The minimum atomic E-state index is -0.205. The van der Waals surface area contributed by atoms with Crippen LogP contribution < -0.4 is 15.2 Å². The molecular weight excluding hydrogens is 214 g/mol. The summed E-state index contributed by atoms with van der Waals surface area (Å²) in [6.07, 6.45) is 2.02. The van der Waals surface area contributed by atoms with Crippen LogP contribution in [0.1, 0.15) is 32.3 Å². The summed E-state index contributed by atoms with van der Waals surface area (Å²) in [5.41, 5.74) is 7.70. The van der Waals surface area contributed by atoms with E-state index in [0.29, 0.717) is 5.41 Å². The summed E-state index contributed by atoms with van der Waals surface area (Å²) in [4.78, 5) is 0. The van der Waals surface area contributed by atoms with Crippen molar-refractivity contribution >= 4 is 0 Å². The van der Waals surface area contributed by atoms with Crippen LogP contribution in [0.15, 0.2) is 18.2 Å². The van der Waals surface area contributed by atoms with E-state index in [1.807, 2.05) is 18.2 Å². The molecule has 17 heavy (non-hydrogen) atoms. The van der Waals surface area contributed by atoms with Crippen molar-refractivity contribution in [2.75, 3.05) is 14.2 Å². The van der Waals surface area contributed by atoms with Crippen molar-refractivity contribution in [1.29, 1.82) is 0 Å². The highest BCUT2D eigenvalue weighted by molar-refractivity contribution is 5.45. The van der Waals surface area contributed by atoms with Crippen LogP contribution in [0.5, 0.6) is 11.5 Å². The van der Waals surface area contributed by atoms with E-state index in [1.165, 1.54) is 0 Å². The SMILES string of the molecule is COc1ccc(C2(N)CC(C)(C)C2)cc1OC. The summed E-state index contributed by atoms with van der Waals surface area (Å²) in [5, 5.41) is 0. The van der Waals surface area contributed by atoms with Gasteiger partial charge in [0.05, 0.1) is 14.2 Å². The van der Waals surface area contributed by atoms with Gasteiger partial charge in [0.2, 0.25) is 0 Å². The Morgan fingerprint density at radius 3 is 2.12 bits per heavy atom. The molecule has 0 spiro atoms. The molecule has 2 N–H and O–H groups in total. The van der Waals surface area contributed by atoms with E-state index in [4.69, 9.17) is 15.2 Å². The quantitative estimate of drug-likeness (QED) is 0.876. The Morgan fingerprint density at radius 1 is 1.06 bits per heavy atom. The Labute approximate surface area is 103 Å². The van der Waals surface area contributed by atoms with Crippen LogP contribution in [-0.4, -0.2) is 14.2 Å². The van der Waals surface area contributed by atoms with Crippen LogP contribution in [0.25, 0.3) is 0 Å². The molecule has 0 atom stereocenters. The molecule has 1 saturated carbocycles. The molecule has 1 aromatic carbocycles. The molecule has 0 amide bonds. The zero-order valence-corrected chi connectivity index (χ0v) is 11.0. The van der Waals surface area contributed by atoms with Gasteiger partial charge in [-0.25, -0.2) is 0 Å². The maximum Gasteiger partial charge on any atom is 0.161 e. The van der Waals surface area contributed by atoms with E-state index in [9.17, 15) is 0 Å². The standard InChI is InChI=1S/C14H21NO2/c1-13(2)8-14(15,9-13)10-5-6-11(16-3)12(7-10)17-4/h5-7H,8-9,15H2,1-4H3. The fourth-order valence-corrected chi connectivity index (χ4v) is 3.01. The fourth-order valence-electron chi connectivity index (χ4n) is 3.01. The van der Waals surface area contributed by atoms with Gasteiger partial charge in [-0.3, -0.25) is 0 Å². The third-order valence-electron chi connectivity index (χ3n) is 3.55. The maximum atomic E-state index is 6.42. The molecule has 0 aliphatic heterocycles. The van der Waals surface area contributed by atoms with Gasteiger partial charge in [-0.05, 0) is 36.0 Å². The van der Waals surface area contributed by atoms with Crippen LogP contribution in [0.3, 0.4) is 0 Å². The van der Waals surface area contributed by atoms with Gasteiger partial charge in [-0.2, -0.15) is 0 Å². The Bertz CT molecular complexity index is 418. The van der Waals surface area contributed by atoms with Crippen LogP contribution in [0, 0.1) is 5.41 Å². The smallest absolute Gasteiger partial charge is 0.161 e. The highest BCUT2D eigenvalue weighted by Crippen LogP contribution is 2.52. The van der Waals surface area contributed by atoms with Gasteiger partial charge in [0, 0.05) is 5.54 Å². The van der Waals surface area contributed by atoms with Gasteiger partial charge in [0.25, 0.3) is 0 Å². The first kappa shape index (κ1) is 12.2. The summed E-state index contributed by atoms with van der Waals surface area (Å²) in [6, 6.07) is 5.96. The largest absolute Gasteiger partial charge is 0.493 e. The van der Waals surface area contributed by atoms with Crippen molar-refractivity contribution in [3.05, 3.63) is 23.8 Å². The molecular formula is C14H21NO2. The number of hydrogen-bond acceptors (Lipinski definition) is 3. The van der Waals surface area contributed by atoms with E-state index in [1.54, 1.807) is 14.2 Å². The highest BCUT2D eigenvalue weighted by atomic mass is 16.5. The van der Waals surface area contributed by atoms with E-state index in [2.05, 4.69) is 13.8 Å². The van der Waals surface area contributed by atoms with Gasteiger partial charge >= 0.3 is 0 Å². The van der Waals surface area contributed by atoms with E-state index >= 15 is 0 Å². The second kappa shape index (κ2) is 3.91. The zero-order chi connectivity index (χ0) is 12.7. The first-order valence-electron chi connectivity index (χ1n) is 5.92. The monoisotopic (exact) mass is 235 g/mol. The molecule has 1 aromatic rings. The van der Waals surface area contributed by atoms with Gasteiger partial charge in [-0.1, -0.05) is 19.9 Å². The topological polar surface area (TPSA) is 44.5 Å². The zero-order valence-electron chi connectivity index (χ0n) is 11.0. The highest BCUT2D eigenvalue weighted by Gasteiger charge is 2.47. The molecule has 0 saturated heterocycles. The van der Waals surface area contributed by atoms with Crippen molar-refractivity contribution in [2.24, 2.45) is 11.1 Å². The molecule has 1 aliphatic carbocycles. The second-order valence-electron chi connectivity index (χ2n) is 5.74. The Hall–Kier alpha value is -1.22. The lowest BCUT2D eigenvalue weighted by atomic mass is 9.57. The molecule has 0 unspecified atom stereocenters. The van der Waals surface area contributed by atoms with Crippen molar-refractivity contribution < 1.29 is 9.47 Å². The lowest BCUT2D eigenvalue weighted by Crippen LogP contribution is -2.53. The van der Waals surface area contributed by atoms with Crippen LogP contribution >= 0.6 is 0 Å². The fraction of sp³-hybridized carbons (Fsp3) is 0.571. The molecule has 1 aliphatic rings. The molecule has 3 nitrogen and oxygen atoms in total. The average molecular weight is 235 g/mol. The Balaban J connectivity index is 2.29. The third-order valence-corrected chi connectivity index (χ3v) is 3.55. The number of rotatable bonds is 3. The van der Waals surface area contributed by atoms with Gasteiger partial charge in [0.1, 0.15) is 0 Å². The number of nitrogens with two attached hydrogens (primary N) is 1. The predicted octanol–water partition coefficient (Wildman–Crippen LogP) is 2.68. The number of benzene rings is 1. The van der Waals surface area contributed by atoms with Crippen molar-refractivity contribution in [3.8, 4) is 11.5 Å². The second-order valence-corrected chi connectivity index (χ2v) is 5.74. The van der Waals surface area contributed by atoms with Crippen LogP contribution in [-0.2, 0) is 5.54 Å². The first-order chi connectivity index (χ1) is 7.90. The third kappa shape index (κ3) is 2.12. The number of hydrogen-bond donors (Lipinski definition) is 1. The molecule has 0 heterocycles. The number of methoxy groups -OCH3 is 2. The minimum Gasteiger partial charge on any atom is -0.493 e. The summed E-state index contributed by atoms with van der Waals surface area (Å²) in [6.45, 7) is 4.50. The maximum absolute atomic E-state index is 6.42. The van der Waals surface area contributed by atoms with Crippen molar-refractivity contribution in [1.82, 2.24) is 0 Å². The van der Waals surface area contributed by atoms with E-state index in [-0.39, 0.29) is 5.54 Å². The van der Waals surface area contributed by atoms with Crippen molar-refractivity contribution in [3.63, 3.8) is 0 Å². The van der Waals surface area contributed by atoms with E-state index in [0.717, 1.165) is 29.9 Å². The Kier molecular flexibility index (Phi) is 2.82. The predicted molar refractivity (Wildman–Crippen MR) is 68.4 cm³/mol. The summed E-state index contributed by atoms with van der Waals surface area (Å²) < 4.78 is 10.5. The minimum absolute atomic E-state index is 0.205. The lowest BCUT2D eigenvalue weighted by Gasteiger charge is -2.51. The molecule has 0 bridgehead atoms. The molecule has 0 radical (unpaired) electrons. The normalized spacial score (nSPS) is 20.5. The summed E-state index contributed by atoms with van der Waals surface area (Å²) >= 11 is 0. The molecule has 1 fully saturated rings. The first-order valence-corrected chi connectivity index (χ1v) is 5.92. The average Bonchev–Trinajstić information content (AvgIpc) is 2.25. The summed E-state index contributed by atoms with van der Waals surface area (Å²) in [7, 11) is 3.29. The summed E-state index contributed by atoms with van der Waals surface area (Å²) in [5.74, 6) is 1.50. The Morgan fingerprint density at radius 2 is 1.65 bits per heavy atom. The van der Waals surface area contributed by atoms with Crippen LogP contribution in [0.4, 0.5) is 0 Å². The van der Waals surface area contributed by atoms with Gasteiger partial charge in [0.15, 0.2) is 11.5 Å². The van der Waals surface area contributed by atoms with Gasteiger partial charge < -0.3 is 15.2 Å². The van der Waals surface area contributed by atoms with Crippen molar-refractivity contribution in [2.45, 2.75) is 32.2 Å². The van der Waals surface area contributed by atoms with Gasteiger partial charge in [-0.15, -0.1) is 0 Å². The lowest BCUT2D eigenvalue weighted by molar-refractivity contribution is 0.0616. The van der Waals surface area contributed by atoms with E-state index < -0.39 is 0 Å².